The summed E-state index contributed by atoms with van der Waals surface area (Å²) >= 11 is 0. The molecule has 176 valence electrons. The molecule has 2 aromatic carbocycles. The van der Waals surface area contributed by atoms with E-state index in [0.717, 1.165) is 42.6 Å². The first-order valence-corrected chi connectivity index (χ1v) is 11.3. The number of ether oxygens (including phenoxy) is 2. The fourth-order valence-electron chi connectivity index (χ4n) is 4.71. The number of nitrogens with zero attached hydrogens (tertiary/aromatic N) is 2. The fraction of sp³-hybridized carbons (Fsp3) is 0.440. The van der Waals surface area contributed by atoms with E-state index in [1.54, 1.807) is 43.1 Å². The van der Waals surface area contributed by atoms with Gasteiger partial charge in [0.25, 0.3) is 0 Å². The maximum absolute atomic E-state index is 13.7. The Balaban J connectivity index is 1.66. The van der Waals surface area contributed by atoms with Gasteiger partial charge < -0.3 is 24.6 Å². The molecule has 0 saturated carbocycles. The minimum absolute atomic E-state index is 0.0667. The summed E-state index contributed by atoms with van der Waals surface area (Å²) < 4.78 is 24.6. The molecule has 2 aromatic rings. The van der Waals surface area contributed by atoms with E-state index in [9.17, 15) is 14.0 Å². The number of amides is 3. The maximum Gasteiger partial charge on any atom is 0.318 e. The Bertz CT molecular complexity index is 1020. The molecule has 2 heterocycles. The molecule has 2 atom stereocenters. The molecule has 7 nitrogen and oxygen atoms in total. The third-order valence-electron chi connectivity index (χ3n) is 6.45. The fourth-order valence-corrected chi connectivity index (χ4v) is 4.71. The lowest BCUT2D eigenvalue weighted by Gasteiger charge is -2.38. The van der Waals surface area contributed by atoms with E-state index in [-0.39, 0.29) is 17.8 Å². The van der Waals surface area contributed by atoms with E-state index in [2.05, 4.69) is 5.32 Å². The van der Waals surface area contributed by atoms with E-state index < -0.39 is 12.1 Å². The first-order valence-electron chi connectivity index (χ1n) is 11.3. The van der Waals surface area contributed by atoms with Crippen molar-refractivity contribution in [2.24, 2.45) is 0 Å². The summed E-state index contributed by atoms with van der Waals surface area (Å²) in [5.74, 6) is 0.769. The van der Waals surface area contributed by atoms with Gasteiger partial charge in [-0.1, -0.05) is 12.1 Å². The average molecular weight is 456 g/mol. The highest BCUT2D eigenvalue weighted by Gasteiger charge is 2.35. The molecule has 1 saturated heterocycles. The first kappa shape index (κ1) is 22.9. The van der Waals surface area contributed by atoms with Crippen LogP contribution in [0.5, 0.6) is 11.5 Å². The van der Waals surface area contributed by atoms with Crippen molar-refractivity contribution >= 4 is 11.9 Å². The van der Waals surface area contributed by atoms with E-state index in [0.29, 0.717) is 24.5 Å². The summed E-state index contributed by atoms with van der Waals surface area (Å²) in [6.45, 7) is 3.63. The van der Waals surface area contributed by atoms with E-state index in [4.69, 9.17) is 9.47 Å². The van der Waals surface area contributed by atoms with Crippen molar-refractivity contribution in [3.05, 3.63) is 58.9 Å². The number of benzene rings is 2. The van der Waals surface area contributed by atoms with Crippen LogP contribution in [0.25, 0.3) is 0 Å². The molecule has 2 aliphatic rings. The Morgan fingerprint density at radius 3 is 2.30 bits per heavy atom. The predicted octanol–water partition coefficient (Wildman–Crippen LogP) is 3.51. The minimum Gasteiger partial charge on any atom is -0.493 e. The Kier molecular flexibility index (Phi) is 6.72. The number of hydrogen-bond donors (Lipinski definition) is 1. The molecule has 2 aliphatic heterocycles. The van der Waals surface area contributed by atoms with Gasteiger partial charge >= 0.3 is 6.03 Å². The van der Waals surface area contributed by atoms with Crippen LogP contribution in [0.3, 0.4) is 0 Å². The summed E-state index contributed by atoms with van der Waals surface area (Å²) in [4.78, 5) is 29.6. The van der Waals surface area contributed by atoms with Crippen molar-refractivity contribution in [3.8, 4) is 11.5 Å². The molecule has 0 aromatic heterocycles. The molecule has 3 amide bonds. The van der Waals surface area contributed by atoms with Gasteiger partial charge in [0.05, 0.1) is 20.3 Å². The second kappa shape index (κ2) is 9.68. The standard InChI is InChI=1S/C25H30FN3O4/c1-16(24(30)28-11-4-5-12-28)27-25(31)29-13-10-18-14-21(32-2)22(33-3)15-20(18)23(29)17-6-8-19(26)9-7-17/h6-9,14-16,23H,4-5,10-13H2,1-3H3,(H,27,31). The first-order chi connectivity index (χ1) is 15.9. The second-order valence-electron chi connectivity index (χ2n) is 8.51. The summed E-state index contributed by atoms with van der Waals surface area (Å²) in [5.41, 5.74) is 2.70. The molecule has 1 fully saturated rings. The summed E-state index contributed by atoms with van der Waals surface area (Å²) in [6, 6.07) is 8.54. The largest absolute Gasteiger partial charge is 0.493 e. The van der Waals surface area contributed by atoms with Gasteiger partial charge in [0.1, 0.15) is 11.9 Å². The topological polar surface area (TPSA) is 71.1 Å². The summed E-state index contributed by atoms with van der Waals surface area (Å²) in [7, 11) is 3.15. The molecule has 0 spiro atoms. The zero-order chi connectivity index (χ0) is 23.5. The number of fused-ring (bicyclic) bond motifs is 1. The zero-order valence-electron chi connectivity index (χ0n) is 19.3. The van der Waals surface area contributed by atoms with Crippen molar-refractivity contribution in [3.63, 3.8) is 0 Å². The highest BCUT2D eigenvalue weighted by atomic mass is 19.1. The van der Waals surface area contributed by atoms with Crippen LogP contribution in [0, 0.1) is 5.82 Å². The lowest BCUT2D eigenvalue weighted by Crippen LogP contribution is -2.52. The average Bonchev–Trinajstić information content (AvgIpc) is 3.37. The van der Waals surface area contributed by atoms with Gasteiger partial charge in [0.2, 0.25) is 5.91 Å². The molecule has 0 aliphatic carbocycles. The number of rotatable bonds is 5. The van der Waals surface area contributed by atoms with Crippen LogP contribution >= 0.6 is 0 Å². The number of carbonyl (C=O) groups excluding carboxylic acids is 2. The maximum atomic E-state index is 13.7. The number of carbonyl (C=O) groups is 2. The SMILES string of the molecule is COc1cc2c(cc1OC)C(c1ccc(F)cc1)N(C(=O)NC(C)C(=O)N1CCCC1)CC2. The van der Waals surface area contributed by atoms with Crippen LogP contribution in [0.2, 0.25) is 0 Å². The highest BCUT2D eigenvalue weighted by Crippen LogP contribution is 2.41. The van der Waals surface area contributed by atoms with Crippen LogP contribution < -0.4 is 14.8 Å². The van der Waals surface area contributed by atoms with Gasteiger partial charge in [-0.3, -0.25) is 4.79 Å². The van der Waals surface area contributed by atoms with Crippen molar-refractivity contribution < 1.29 is 23.5 Å². The number of urea groups is 1. The van der Waals surface area contributed by atoms with Crippen LogP contribution in [0.1, 0.15) is 42.5 Å². The van der Waals surface area contributed by atoms with Crippen molar-refractivity contribution in [1.82, 2.24) is 15.1 Å². The Morgan fingerprint density at radius 2 is 1.67 bits per heavy atom. The van der Waals surface area contributed by atoms with Gasteiger partial charge in [0.15, 0.2) is 11.5 Å². The quantitative estimate of drug-likeness (QED) is 0.749. The number of methoxy groups -OCH3 is 2. The third kappa shape index (κ3) is 4.60. The molecule has 0 radical (unpaired) electrons. The minimum atomic E-state index is -0.628. The van der Waals surface area contributed by atoms with Gasteiger partial charge in [-0.15, -0.1) is 0 Å². The van der Waals surface area contributed by atoms with Gasteiger partial charge in [-0.2, -0.15) is 0 Å². The van der Waals surface area contributed by atoms with Gasteiger partial charge in [-0.05, 0) is 67.1 Å². The number of hydrogen-bond acceptors (Lipinski definition) is 4. The smallest absolute Gasteiger partial charge is 0.318 e. The molecule has 33 heavy (non-hydrogen) atoms. The van der Waals surface area contributed by atoms with E-state index in [1.807, 2.05) is 12.1 Å². The molecular weight excluding hydrogens is 425 g/mol. The monoisotopic (exact) mass is 455 g/mol. The molecule has 1 N–H and O–H groups in total. The molecular formula is C25H30FN3O4. The van der Waals surface area contributed by atoms with Crippen LogP contribution in [-0.4, -0.2) is 61.6 Å². The van der Waals surface area contributed by atoms with Crippen molar-refractivity contribution in [1.29, 1.82) is 0 Å². The molecule has 2 unspecified atom stereocenters. The Morgan fingerprint density at radius 1 is 1.03 bits per heavy atom. The molecule has 4 rings (SSSR count). The molecule has 8 heteroatoms. The lowest BCUT2D eigenvalue weighted by molar-refractivity contribution is -0.131. The zero-order valence-corrected chi connectivity index (χ0v) is 19.3. The summed E-state index contributed by atoms with van der Waals surface area (Å²) in [5, 5.41) is 2.89. The highest BCUT2D eigenvalue weighted by molar-refractivity contribution is 5.87. The predicted molar refractivity (Wildman–Crippen MR) is 122 cm³/mol. The number of halogens is 1. The second-order valence-corrected chi connectivity index (χ2v) is 8.51. The van der Waals surface area contributed by atoms with Crippen molar-refractivity contribution in [2.75, 3.05) is 33.9 Å². The van der Waals surface area contributed by atoms with E-state index >= 15 is 0 Å². The van der Waals surface area contributed by atoms with Crippen LogP contribution in [0.15, 0.2) is 36.4 Å². The lowest BCUT2D eigenvalue weighted by atomic mass is 9.88. The van der Waals surface area contributed by atoms with Gasteiger partial charge in [0, 0.05) is 19.6 Å². The normalized spacial score (nSPS) is 18.5. The Hall–Kier alpha value is -3.29. The number of nitrogens with one attached hydrogen (secondary N) is 1. The summed E-state index contributed by atoms with van der Waals surface area (Å²) in [6.07, 6.45) is 2.61. The van der Waals surface area contributed by atoms with Crippen molar-refractivity contribution in [2.45, 2.75) is 38.3 Å². The van der Waals surface area contributed by atoms with Gasteiger partial charge in [-0.25, -0.2) is 9.18 Å². The Labute approximate surface area is 193 Å². The van der Waals surface area contributed by atoms with E-state index in [1.165, 1.54) is 12.1 Å². The number of likely N-dealkylation sites (tertiary alicyclic amines) is 1. The van der Waals surface area contributed by atoms with Crippen LogP contribution in [-0.2, 0) is 11.2 Å². The van der Waals surface area contributed by atoms with Crippen LogP contribution in [0.4, 0.5) is 9.18 Å². The molecule has 0 bridgehead atoms. The third-order valence-corrected chi connectivity index (χ3v) is 6.45.